The van der Waals surface area contributed by atoms with Crippen molar-refractivity contribution in [2.24, 2.45) is 0 Å². The lowest BCUT2D eigenvalue weighted by atomic mass is 10.3. The number of halogens is 2. The number of thioether (sulfide) groups is 1. The highest BCUT2D eigenvalue weighted by Crippen LogP contribution is 2.24. The standard InChI is InChI=1S/C10H9I2N3O2S/c11-6-1-2-8(7(12)3-6)17-5-18-4-9-13-10(16)15-14-9/h1-3H,4-5H2,(H2,13,14,15,16). The first-order valence-electron chi connectivity index (χ1n) is 4.94. The zero-order valence-corrected chi connectivity index (χ0v) is 14.2. The van der Waals surface area contributed by atoms with E-state index >= 15 is 0 Å². The minimum atomic E-state index is -0.279. The van der Waals surface area contributed by atoms with Gasteiger partial charge in [0.25, 0.3) is 0 Å². The van der Waals surface area contributed by atoms with Gasteiger partial charge in [-0.05, 0) is 63.4 Å². The van der Waals surface area contributed by atoms with Crippen LogP contribution in [0, 0.1) is 7.14 Å². The fourth-order valence-corrected chi connectivity index (χ4v) is 3.59. The SMILES string of the molecule is O=c1[nH]nc(CSCOc2ccc(I)cc2I)[nH]1. The maximum Gasteiger partial charge on any atom is 0.340 e. The van der Waals surface area contributed by atoms with Crippen molar-refractivity contribution in [2.45, 2.75) is 5.75 Å². The summed E-state index contributed by atoms with van der Waals surface area (Å²) >= 11 is 6.06. The van der Waals surface area contributed by atoms with Gasteiger partial charge in [0, 0.05) is 3.57 Å². The number of ether oxygens (including phenoxy) is 1. The van der Waals surface area contributed by atoms with Crippen LogP contribution in [0.4, 0.5) is 0 Å². The first-order valence-corrected chi connectivity index (χ1v) is 8.25. The summed E-state index contributed by atoms with van der Waals surface area (Å²) in [6, 6.07) is 6.03. The summed E-state index contributed by atoms with van der Waals surface area (Å²) in [6.45, 7) is 0. The molecule has 0 aliphatic carbocycles. The first kappa shape index (κ1) is 14.2. The number of aromatic amines is 2. The molecule has 2 N–H and O–H groups in total. The number of hydrogen-bond acceptors (Lipinski definition) is 4. The molecule has 0 saturated heterocycles. The van der Waals surface area contributed by atoms with Crippen LogP contribution in [-0.4, -0.2) is 21.1 Å². The molecule has 1 aromatic heterocycles. The van der Waals surface area contributed by atoms with Gasteiger partial charge in [-0.3, -0.25) is 4.98 Å². The zero-order valence-electron chi connectivity index (χ0n) is 9.07. The van der Waals surface area contributed by atoms with Gasteiger partial charge in [-0.1, -0.05) is 0 Å². The average Bonchev–Trinajstić information content (AvgIpc) is 2.73. The number of benzene rings is 1. The van der Waals surface area contributed by atoms with E-state index in [1.54, 1.807) is 11.8 Å². The number of nitrogens with one attached hydrogen (secondary N) is 2. The van der Waals surface area contributed by atoms with Crippen LogP contribution >= 0.6 is 56.9 Å². The molecule has 8 heteroatoms. The van der Waals surface area contributed by atoms with Gasteiger partial charge in [-0.15, -0.1) is 11.8 Å². The van der Waals surface area contributed by atoms with Gasteiger partial charge in [0.15, 0.2) is 0 Å². The van der Waals surface area contributed by atoms with Crippen LogP contribution in [0.3, 0.4) is 0 Å². The average molecular weight is 489 g/mol. The van der Waals surface area contributed by atoms with Crippen LogP contribution in [-0.2, 0) is 5.75 Å². The molecule has 0 aliphatic rings. The topological polar surface area (TPSA) is 70.8 Å². The van der Waals surface area contributed by atoms with Gasteiger partial charge in [0.05, 0.1) is 9.32 Å². The van der Waals surface area contributed by atoms with E-state index in [-0.39, 0.29) is 5.69 Å². The molecular formula is C10H9I2N3O2S. The van der Waals surface area contributed by atoms with E-state index in [9.17, 15) is 4.79 Å². The van der Waals surface area contributed by atoms with Gasteiger partial charge in [0.2, 0.25) is 0 Å². The van der Waals surface area contributed by atoms with Crippen molar-refractivity contribution in [1.29, 1.82) is 0 Å². The maximum absolute atomic E-state index is 10.8. The van der Waals surface area contributed by atoms with Crippen molar-refractivity contribution >= 4 is 56.9 Å². The summed E-state index contributed by atoms with van der Waals surface area (Å²) < 4.78 is 7.92. The second kappa shape index (κ2) is 6.80. The van der Waals surface area contributed by atoms with Crippen LogP contribution in [0.15, 0.2) is 23.0 Å². The molecule has 0 atom stereocenters. The summed E-state index contributed by atoms with van der Waals surface area (Å²) in [5.41, 5.74) is -0.279. The molecule has 0 radical (unpaired) electrons. The Morgan fingerprint density at radius 3 is 2.89 bits per heavy atom. The third kappa shape index (κ3) is 4.16. The van der Waals surface area contributed by atoms with E-state index in [0.29, 0.717) is 17.5 Å². The van der Waals surface area contributed by atoms with E-state index < -0.39 is 0 Å². The van der Waals surface area contributed by atoms with E-state index in [0.717, 1.165) is 9.32 Å². The normalized spacial score (nSPS) is 10.6. The van der Waals surface area contributed by atoms with Crippen molar-refractivity contribution in [1.82, 2.24) is 15.2 Å². The molecular weight excluding hydrogens is 480 g/mol. The van der Waals surface area contributed by atoms with E-state index in [4.69, 9.17) is 4.74 Å². The molecule has 18 heavy (non-hydrogen) atoms. The number of H-pyrrole nitrogens is 2. The molecule has 1 heterocycles. The Morgan fingerprint density at radius 2 is 2.22 bits per heavy atom. The highest BCUT2D eigenvalue weighted by molar-refractivity contribution is 14.1. The fraction of sp³-hybridized carbons (Fsp3) is 0.200. The third-order valence-electron chi connectivity index (χ3n) is 1.98. The Labute approximate surface area is 135 Å². The minimum absolute atomic E-state index is 0.279. The number of rotatable bonds is 5. The predicted molar refractivity (Wildman–Crippen MR) is 87.9 cm³/mol. The second-order valence-electron chi connectivity index (χ2n) is 3.31. The summed E-state index contributed by atoms with van der Waals surface area (Å²) in [5, 5.41) is 6.14. The predicted octanol–water partition coefficient (Wildman–Crippen LogP) is 2.58. The monoisotopic (exact) mass is 489 g/mol. The highest BCUT2D eigenvalue weighted by Gasteiger charge is 2.02. The van der Waals surface area contributed by atoms with Gasteiger partial charge < -0.3 is 4.74 Å². The Hall–Kier alpha value is -0.230. The summed E-state index contributed by atoms with van der Waals surface area (Å²) in [4.78, 5) is 13.4. The fourth-order valence-electron chi connectivity index (χ4n) is 1.21. The first-order chi connectivity index (χ1) is 8.65. The Kier molecular flexibility index (Phi) is 5.36. The van der Waals surface area contributed by atoms with Crippen molar-refractivity contribution in [3.05, 3.63) is 41.6 Å². The Morgan fingerprint density at radius 1 is 1.39 bits per heavy atom. The quantitative estimate of drug-likeness (QED) is 0.385. The van der Waals surface area contributed by atoms with Gasteiger partial charge >= 0.3 is 5.69 Å². The zero-order chi connectivity index (χ0) is 13.0. The lowest BCUT2D eigenvalue weighted by molar-refractivity contribution is 0.390. The summed E-state index contributed by atoms with van der Waals surface area (Å²) in [7, 11) is 0. The molecule has 96 valence electrons. The van der Waals surface area contributed by atoms with Crippen LogP contribution in [0.2, 0.25) is 0 Å². The highest BCUT2D eigenvalue weighted by atomic mass is 127. The molecule has 0 fully saturated rings. The molecule has 2 rings (SSSR count). The Balaban J connectivity index is 1.80. The van der Waals surface area contributed by atoms with Gasteiger partial charge in [0.1, 0.15) is 17.5 Å². The number of hydrogen-bond donors (Lipinski definition) is 2. The van der Waals surface area contributed by atoms with Crippen molar-refractivity contribution < 1.29 is 4.74 Å². The van der Waals surface area contributed by atoms with Crippen LogP contribution < -0.4 is 10.4 Å². The van der Waals surface area contributed by atoms with Gasteiger partial charge in [-0.2, -0.15) is 5.10 Å². The minimum Gasteiger partial charge on any atom is -0.482 e. The van der Waals surface area contributed by atoms with Crippen molar-refractivity contribution in [2.75, 3.05) is 5.94 Å². The van der Waals surface area contributed by atoms with Crippen molar-refractivity contribution in [3.8, 4) is 5.75 Å². The summed E-state index contributed by atoms with van der Waals surface area (Å²) in [5.74, 6) is 2.63. The summed E-state index contributed by atoms with van der Waals surface area (Å²) in [6.07, 6.45) is 0. The molecule has 0 saturated carbocycles. The lowest BCUT2D eigenvalue weighted by Crippen LogP contribution is -2.01. The molecule has 0 spiro atoms. The molecule has 1 aromatic carbocycles. The lowest BCUT2D eigenvalue weighted by Gasteiger charge is -2.07. The van der Waals surface area contributed by atoms with Crippen LogP contribution in [0.5, 0.6) is 5.75 Å². The third-order valence-corrected chi connectivity index (χ3v) is 4.26. The smallest absolute Gasteiger partial charge is 0.340 e. The van der Waals surface area contributed by atoms with Crippen LogP contribution in [0.1, 0.15) is 5.82 Å². The molecule has 0 aliphatic heterocycles. The molecule has 0 amide bonds. The van der Waals surface area contributed by atoms with E-state index in [2.05, 4.69) is 66.4 Å². The maximum atomic E-state index is 10.8. The molecule has 2 aromatic rings. The van der Waals surface area contributed by atoms with Crippen molar-refractivity contribution in [3.63, 3.8) is 0 Å². The van der Waals surface area contributed by atoms with Gasteiger partial charge in [-0.25, -0.2) is 9.89 Å². The van der Waals surface area contributed by atoms with Crippen LogP contribution in [0.25, 0.3) is 0 Å². The largest absolute Gasteiger partial charge is 0.482 e. The Bertz CT molecular complexity index is 584. The van der Waals surface area contributed by atoms with E-state index in [1.165, 1.54) is 3.57 Å². The molecule has 5 nitrogen and oxygen atoms in total. The molecule has 0 bridgehead atoms. The van der Waals surface area contributed by atoms with E-state index in [1.807, 2.05) is 12.1 Å². The molecule has 0 unspecified atom stereocenters. The second-order valence-corrected chi connectivity index (χ2v) is 6.65. The number of aromatic nitrogens is 3. The number of nitrogens with zero attached hydrogens (tertiary/aromatic N) is 1.